The minimum Gasteiger partial charge on any atom is -0.508 e. The first-order chi connectivity index (χ1) is 72.0. The van der Waals surface area contributed by atoms with E-state index in [0.29, 0.717) is 124 Å². The number of alkyl halides is 2. The van der Waals surface area contributed by atoms with Crippen molar-refractivity contribution in [1.82, 2.24) is 68.3 Å². The van der Waals surface area contributed by atoms with Crippen molar-refractivity contribution in [1.29, 1.82) is 0 Å². The number of hydrogen-bond donors (Lipinski definition) is 8. The Morgan fingerprint density at radius 1 is 0.322 bits per heavy atom. The van der Waals surface area contributed by atoms with Crippen LogP contribution in [0.4, 0.5) is 23.3 Å². The van der Waals surface area contributed by atoms with Gasteiger partial charge >= 0.3 is 11.9 Å². The number of pyridine rings is 4. The van der Waals surface area contributed by atoms with E-state index in [-0.39, 0.29) is 123 Å². The lowest BCUT2D eigenvalue weighted by Gasteiger charge is -2.13. The molecule has 4 amide bonds. The van der Waals surface area contributed by atoms with Crippen LogP contribution >= 0.6 is 38.5 Å². The number of rotatable bonds is 43. The molecule has 0 unspecified atom stereocenters. The summed E-state index contributed by atoms with van der Waals surface area (Å²) < 4.78 is 9.29. The number of benzene rings is 8. The average molecular weight is 2200 g/mol. The number of imidazole rings is 4. The number of hydrogen-bond acceptors (Lipinski definition) is 28. The van der Waals surface area contributed by atoms with E-state index in [9.17, 15) is 68.4 Å². The summed E-state index contributed by atoms with van der Waals surface area (Å²) in [5, 5.41) is 47.0. The van der Waals surface area contributed by atoms with Gasteiger partial charge in [-0.1, -0.05) is 213 Å². The van der Waals surface area contributed by atoms with Crippen LogP contribution in [0.5, 0.6) is 23.0 Å². The second kappa shape index (κ2) is 50.5. The molecule has 774 valence electrons. The first-order valence-electron chi connectivity index (χ1n) is 50.7. The molecule has 10 heterocycles. The molecule has 0 saturated carbocycles. The number of phenols is 4. The van der Waals surface area contributed by atoms with Crippen LogP contribution in [0, 0.1) is 0 Å². The molecule has 2 aliphatic heterocycles. The zero-order chi connectivity index (χ0) is 106. The number of nitrogens with zero attached hydrogens (tertiary/aromatic N) is 14. The third kappa shape index (κ3) is 26.3. The van der Waals surface area contributed by atoms with Crippen LogP contribution in [0.2, 0.25) is 0 Å². The highest BCUT2D eigenvalue weighted by molar-refractivity contribution is 14.1. The van der Waals surface area contributed by atoms with Gasteiger partial charge in [-0.2, -0.15) is 0 Å². The van der Waals surface area contributed by atoms with Crippen molar-refractivity contribution in [3.8, 4) is 23.0 Å². The number of unbranched alkanes of at least 4 members (excludes halogenated alkanes) is 4. The number of aromatic hydroxyl groups is 4. The molecule has 8 aromatic heterocycles. The molecule has 36 heteroatoms. The number of carbonyl (C=O) groups is 10. The number of imide groups is 2. The van der Waals surface area contributed by atoms with E-state index in [1.807, 2.05) is 133 Å². The zero-order valence-corrected chi connectivity index (χ0v) is 87.7. The molecule has 0 aliphatic carbocycles. The van der Waals surface area contributed by atoms with Crippen molar-refractivity contribution in [2.75, 3.05) is 32.7 Å². The molecular formula is C113H122BrIN18O16. The van der Waals surface area contributed by atoms with Gasteiger partial charge < -0.3 is 71.3 Å². The van der Waals surface area contributed by atoms with Crippen LogP contribution < -0.4 is 22.9 Å². The van der Waals surface area contributed by atoms with Crippen molar-refractivity contribution in [2.24, 2.45) is 0 Å². The van der Waals surface area contributed by atoms with Crippen LogP contribution in [0.25, 0.3) is 87.7 Å². The standard InChI is InChI=1S/C32H35N5O6.C31H33N5O6.C25H27BrN4O2.C25H27IN4O2/c1-2-3-10-26-35-30-31(23-8-4-5-9-24(23)34-32(30)33)36(26)19-20-12-15-25(39)21(18-20)13-14-22(38)7-6-11-29(42)43-37-27(40)16-17-28(37)41;1-2-3-8-25-34-29-30(22-6-4-5-7-23(22)33-31(29)32)35(25)18-19-9-13-24(38)20(17-19)10-11-21(37)12-16-28(41)42-36-26(39)14-15-27(36)40;2*1-2-3-8-22-29-23-24(19-6-4-5-7-20(19)28-25(23)27)30(22)15-16-9-12-21(32)17(13-16)10-11-18(31)14-26/h4-5,8-9,12,15,18,39H,2-3,6-7,10-11,13-14,16-17,19H2,1H3,(H2,33,34);4-7,9,13,17,38H,2-3,8,10-12,14-16,18H2,1H3,(H2,32,33);2*4-7,9,12-13,32H,2-3,8,10-11,14-15H2,1H3,(H2,27,28). The zero-order valence-electron chi connectivity index (χ0n) is 83.9. The molecule has 34 nitrogen and oxygen atoms in total. The summed E-state index contributed by atoms with van der Waals surface area (Å²) in [5.41, 5.74) is 42.0. The molecule has 2 saturated heterocycles. The summed E-state index contributed by atoms with van der Waals surface area (Å²) in [6.45, 7) is 10.8. The van der Waals surface area contributed by atoms with E-state index in [2.05, 4.69) is 117 Å². The highest BCUT2D eigenvalue weighted by Gasteiger charge is 2.35. The van der Waals surface area contributed by atoms with Gasteiger partial charge in [-0.05, 0) is 151 Å². The molecule has 18 rings (SSSR count). The number of anilines is 4. The SMILES string of the molecule is CCCCc1nc2c(N)nc3ccccc3c2n1Cc1ccc(O)c(CCC(=O)CBr)c1.CCCCc1nc2c(N)nc3ccccc3c2n1Cc1ccc(O)c(CCC(=O)CCC(=O)ON2C(=O)CCC2=O)c1.CCCCc1nc2c(N)nc3ccccc3c2n1Cc1ccc(O)c(CCC(=O)CCCC(=O)ON2C(=O)CCC2=O)c1.CCCCc1nc2c(N)nc3ccccc3c2n1Cc1ccc(O)c(CCC(=O)CI)c1. The molecule has 12 N–H and O–H groups in total. The molecule has 8 aromatic carbocycles. The van der Waals surface area contributed by atoms with Crippen molar-refractivity contribution >= 4 is 208 Å². The van der Waals surface area contributed by atoms with Gasteiger partial charge in [-0.15, -0.1) is 10.1 Å². The minimum atomic E-state index is -0.813. The number of amides is 4. The highest BCUT2D eigenvalue weighted by Crippen LogP contribution is 2.38. The molecular weight excluding hydrogens is 2070 g/mol. The number of ketones is 4. The average Bonchev–Trinajstić information content (AvgIpc) is 1.62. The number of nitrogens with two attached hydrogens (primary N) is 4. The summed E-state index contributed by atoms with van der Waals surface area (Å²) >= 11 is 5.28. The lowest BCUT2D eigenvalue weighted by atomic mass is 10.0. The number of aryl methyl sites for hydroxylation is 8. The summed E-state index contributed by atoms with van der Waals surface area (Å²) in [7, 11) is 0. The Hall–Kier alpha value is -15.2. The second-order valence-electron chi connectivity index (χ2n) is 37.4. The second-order valence-corrected chi connectivity index (χ2v) is 38.8. The fourth-order valence-corrected chi connectivity index (χ4v) is 19.3. The lowest BCUT2D eigenvalue weighted by Crippen LogP contribution is -2.32. The van der Waals surface area contributed by atoms with Gasteiger partial charge in [0.05, 0.1) is 60.3 Å². The predicted octanol–water partition coefficient (Wildman–Crippen LogP) is 19.1. The number of para-hydroxylation sites is 4. The Morgan fingerprint density at radius 3 is 0.859 bits per heavy atom. The summed E-state index contributed by atoms with van der Waals surface area (Å²) in [6.07, 6.45) is 14.3. The summed E-state index contributed by atoms with van der Waals surface area (Å²) in [6, 6.07) is 53.7. The molecule has 2 fully saturated rings. The number of aromatic nitrogens is 12. The largest absolute Gasteiger partial charge is 0.508 e. The number of nitrogen functional groups attached to an aromatic ring is 4. The third-order valence-corrected chi connectivity index (χ3v) is 28.0. The van der Waals surface area contributed by atoms with Gasteiger partial charge in [-0.3, -0.25) is 38.4 Å². The Balaban J connectivity index is 0.000000150. The van der Waals surface area contributed by atoms with E-state index < -0.39 is 35.6 Å². The van der Waals surface area contributed by atoms with Crippen LogP contribution in [0.3, 0.4) is 0 Å². The van der Waals surface area contributed by atoms with Gasteiger partial charge in [0.1, 0.15) is 91.5 Å². The van der Waals surface area contributed by atoms with Gasteiger partial charge in [-0.25, -0.2) is 49.5 Å². The number of carbonyl (C=O) groups excluding carboxylic acids is 10. The van der Waals surface area contributed by atoms with E-state index in [1.165, 1.54) is 0 Å². The first kappa shape index (κ1) is 108. The fraction of sp³-hybridized carbons (Fsp3) is 0.345. The molecule has 149 heavy (non-hydrogen) atoms. The van der Waals surface area contributed by atoms with Crippen LogP contribution in [-0.4, -0.2) is 157 Å². The molecule has 16 aromatic rings. The number of phenolic OH excluding ortho intramolecular Hbond substituents is 4. The third-order valence-electron chi connectivity index (χ3n) is 26.5. The predicted molar refractivity (Wildman–Crippen MR) is 585 cm³/mol. The first-order valence-corrected chi connectivity index (χ1v) is 53.4. The minimum absolute atomic E-state index is 0.00653. The van der Waals surface area contributed by atoms with E-state index in [0.717, 1.165) is 210 Å². The maximum Gasteiger partial charge on any atom is 0.333 e. The number of halogens is 2. The topological polar surface area (TPSA) is 503 Å². The van der Waals surface area contributed by atoms with Crippen LogP contribution in [-0.2, 0) is 135 Å². The van der Waals surface area contributed by atoms with Crippen molar-refractivity contribution in [2.45, 2.75) is 240 Å². The number of Topliss-reactive ketones (excluding diaryl/α,β-unsaturated/α-hetero) is 4. The maximum absolute atomic E-state index is 12.6. The smallest absolute Gasteiger partial charge is 0.333 e. The van der Waals surface area contributed by atoms with Gasteiger partial charge in [0.15, 0.2) is 23.3 Å². The van der Waals surface area contributed by atoms with E-state index >= 15 is 0 Å². The van der Waals surface area contributed by atoms with Gasteiger partial charge in [0.25, 0.3) is 23.6 Å². The fourth-order valence-electron chi connectivity index (χ4n) is 18.6. The van der Waals surface area contributed by atoms with Crippen LogP contribution in [0.1, 0.15) is 230 Å². The quantitative estimate of drug-likeness (QED) is 0.00999. The molecule has 2 aliphatic rings. The molecule has 0 atom stereocenters. The maximum atomic E-state index is 12.6. The van der Waals surface area contributed by atoms with Gasteiger partial charge in [0.2, 0.25) is 0 Å². The van der Waals surface area contributed by atoms with Gasteiger partial charge in [0, 0.05) is 144 Å². The van der Waals surface area contributed by atoms with Crippen molar-refractivity contribution in [3.63, 3.8) is 0 Å². The normalized spacial score (nSPS) is 12.6. The molecule has 0 radical (unpaired) electrons. The number of hydroxylamine groups is 4. The van der Waals surface area contributed by atoms with Crippen molar-refractivity contribution in [3.05, 3.63) is 238 Å². The molecule has 0 bridgehead atoms. The Bertz CT molecular complexity index is 7530. The summed E-state index contributed by atoms with van der Waals surface area (Å²) in [5.74, 6) is 2.39. The summed E-state index contributed by atoms with van der Waals surface area (Å²) in [4.78, 5) is 166. The Labute approximate surface area is 882 Å². The van der Waals surface area contributed by atoms with E-state index in [4.69, 9.17) is 52.5 Å². The molecule has 0 spiro atoms. The highest BCUT2D eigenvalue weighted by atomic mass is 127. The number of fused-ring (bicyclic) bond motifs is 12. The Morgan fingerprint density at radius 2 is 0.584 bits per heavy atom. The Kier molecular flexibility index (Phi) is 36.6. The monoisotopic (exact) mass is 2190 g/mol. The van der Waals surface area contributed by atoms with E-state index in [1.54, 1.807) is 24.3 Å². The lowest BCUT2D eigenvalue weighted by molar-refractivity contribution is -0.197. The van der Waals surface area contributed by atoms with Crippen molar-refractivity contribution < 1.29 is 78.0 Å². The van der Waals surface area contributed by atoms with Crippen LogP contribution in [0.15, 0.2) is 170 Å².